The van der Waals surface area contributed by atoms with Crippen LogP contribution >= 0.6 is 11.8 Å². The predicted molar refractivity (Wildman–Crippen MR) is 73.3 cm³/mol. The molecule has 0 fully saturated rings. The maximum absolute atomic E-state index is 11.5. The minimum atomic E-state index is -0.669. The molecule has 1 atom stereocenters. The first-order valence-corrected chi connectivity index (χ1v) is 6.67. The zero-order valence-corrected chi connectivity index (χ0v) is 12.0. The van der Waals surface area contributed by atoms with Crippen LogP contribution in [0.5, 0.6) is 5.75 Å². The highest BCUT2D eigenvalue weighted by atomic mass is 32.2. The van der Waals surface area contributed by atoms with Gasteiger partial charge in [0, 0.05) is 17.6 Å². The van der Waals surface area contributed by atoms with E-state index in [0.29, 0.717) is 5.75 Å². The van der Waals surface area contributed by atoms with Crippen LogP contribution < -0.4 is 10.1 Å². The lowest BCUT2D eigenvalue weighted by molar-refractivity contribution is -0.144. The molecule has 1 aromatic rings. The number of benzene rings is 1. The minimum Gasteiger partial charge on any atom is -0.496 e. The first kappa shape index (κ1) is 15.4. The quantitative estimate of drug-likeness (QED) is 0.632. The lowest BCUT2D eigenvalue weighted by Crippen LogP contribution is -2.42. The minimum absolute atomic E-state index is 0.268. The Kier molecular flexibility index (Phi) is 6.21. The maximum atomic E-state index is 11.5. The molecule has 0 heterocycles. The van der Waals surface area contributed by atoms with Crippen molar-refractivity contribution in [3.63, 3.8) is 0 Å². The third kappa shape index (κ3) is 4.82. The van der Waals surface area contributed by atoms with Gasteiger partial charge in [0.05, 0.1) is 14.2 Å². The van der Waals surface area contributed by atoms with Crippen molar-refractivity contribution < 1.29 is 19.1 Å². The lowest BCUT2D eigenvalue weighted by Gasteiger charge is -2.15. The summed E-state index contributed by atoms with van der Waals surface area (Å²) in [5, 5.41) is 2.56. The van der Waals surface area contributed by atoms with E-state index in [0.717, 1.165) is 10.6 Å². The summed E-state index contributed by atoms with van der Waals surface area (Å²) in [6.45, 7) is 1.36. The summed E-state index contributed by atoms with van der Waals surface area (Å²) in [7, 11) is 2.88. The van der Waals surface area contributed by atoms with Crippen LogP contribution in [0.3, 0.4) is 0 Å². The second kappa shape index (κ2) is 7.68. The van der Waals surface area contributed by atoms with Gasteiger partial charge in [-0.3, -0.25) is 4.79 Å². The highest BCUT2D eigenvalue weighted by Gasteiger charge is 2.20. The van der Waals surface area contributed by atoms with Crippen molar-refractivity contribution in [2.45, 2.75) is 17.9 Å². The van der Waals surface area contributed by atoms with E-state index in [9.17, 15) is 9.59 Å². The van der Waals surface area contributed by atoms with Gasteiger partial charge in [-0.2, -0.15) is 0 Å². The Morgan fingerprint density at radius 2 is 2.00 bits per heavy atom. The highest BCUT2D eigenvalue weighted by molar-refractivity contribution is 7.99. The standard InChI is InChI=1S/C13H17NO4S/c1-9(15)14-10(13(16)18-3)8-19-12-7-5-4-6-11(12)17-2/h4-7,10H,8H2,1-3H3,(H,14,15). The Hall–Kier alpha value is -1.69. The summed E-state index contributed by atoms with van der Waals surface area (Å²) in [5.74, 6) is 0.389. The fraction of sp³-hybridized carbons (Fsp3) is 0.385. The number of amides is 1. The molecule has 0 spiro atoms. The van der Waals surface area contributed by atoms with Crippen LogP contribution in [0, 0.1) is 0 Å². The Morgan fingerprint density at radius 1 is 1.32 bits per heavy atom. The molecule has 0 saturated carbocycles. The van der Waals surface area contributed by atoms with E-state index in [1.165, 1.54) is 25.8 Å². The van der Waals surface area contributed by atoms with Crippen LogP contribution in [0.15, 0.2) is 29.2 Å². The molecule has 104 valence electrons. The van der Waals surface area contributed by atoms with Gasteiger partial charge in [0.2, 0.25) is 5.91 Å². The van der Waals surface area contributed by atoms with Crippen LogP contribution in [0.25, 0.3) is 0 Å². The third-order valence-electron chi connectivity index (χ3n) is 2.34. The lowest BCUT2D eigenvalue weighted by atomic mass is 10.3. The number of carbonyl (C=O) groups excluding carboxylic acids is 2. The fourth-order valence-electron chi connectivity index (χ4n) is 1.47. The molecule has 19 heavy (non-hydrogen) atoms. The molecule has 0 aliphatic carbocycles. The topological polar surface area (TPSA) is 64.6 Å². The smallest absolute Gasteiger partial charge is 0.329 e. The van der Waals surface area contributed by atoms with Gasteiger partial charge in [0.25, 0.3) is 0 Å². The molecular weight excluding hydrogens is 266 g/mol. The monoisotopic (exact) mass is 283 g/mol. The molecule has 6 heteroatoms. The highest BCUT2D eigenvalue weighted by Crippen LogP contribution is 2.29. The van der Waals surface area contributed by atoms with Crippen LogP contribution in [0.4, 0.5) is 0 Å². The van der Waals surface area contributed by atoms with Gasteiger partial charge in [-0.1, -0.05) is 12.1 Å². The summed E-state index contributed by atoms with van der Waals surface area (Å²) in [6, 6.07) is 6.82. The van der Waals surface area contributed by atoms with Crippen molar-refractivity contribution in [3.8, 4) is 5.75 Å². The number of nitrogens with one attached hydrogen (secondary N) is 1. The average molecular weight is 283 g/mol. The van der Waals surface area contributed by atoms with Gasteiger partial charge in [-0.25, -0.2) is 4.79 Å². The number of hydrogen-bond acceptors (Lipinski definition) is 5. The molecule has 0 aliphatic rings. The van der Waals surface area contributed by atoms with Crippen molar-refractivity contribution in [3.05, 3.63) is 24.3 Å². The molecule has 0 aromatic heterocycles. The molecule has 0 saturated heterocycles. The van der Waals surface area contributed by atoms with E-state index < -0.39 is 12.0 Å². The van der Waals surface area contributed by atoms with Crippen molar-refractivity contribution >= 4 is 23.6 Å². The second-order valence-electron chi connectivity index (χ2n) is 3.74. The van der Waals surface area contributed by atoms with E-state index in [1.54, 1.807) is 7.11 Å². The van der Waals surface area contributed by atoms with Crippen molar-refractivity contribution in [2.75, 3.05) is 20.0 Å². The van der Waals surface area contributed by atoms with E-state index in [-0.39, 0.29) is 5.91 Å². The number of para-hydroxylation sites is 1. The summed E-state index contributed by atoms with van der Waals surface area (Å²) in [5.41, 5.74) is 0. The van der Waals surface area contributed by atoms with Crippen molar-refractivity contribution in [2.24, 2.45) is 0 Å². The number of carbonyl (C=O) groups is 2. The Balaban J connectivity index is 2.70. The van der Waals surface area contributed by atoms with Gasteiger partial charge >= 0.3 is 5.97 Å². The third-order valence-corrected chi connectivity index (χ3v) is 3.49. The van der Waals surface area contributed by atoms with Crippen molar-refractivity contribution in [1.82, 2.24) is 5.32 Å². The van der Waals surface area contributed by atoms with Gasteiger partial charge in [-0.05, 0) is 12.1 Å². The molecule has 1 amide bonds. The van der Waals surface area contributed by atoms with Gasteiger partial charge in [0.1, 0.15) is 11.8 Å². The molecule has 0 bridgehead atoms. The summed E-state index contributed by atoms with van der Waals surface area (Å²) >= 11 is 1.42. The molecule has 0 radical (unpaired) electrons. The molecule has 1 rings (SSSR count). The van der Waals surface area contributed by atoms with Crippen LogP contribution in [0.2, 0.25) is 0 Å². The second-order valence-corrected chi connectivity index (χ2v) is 4.80. The largest absolute Gasteiger partial charge is 0.496 e. The van der Waals surface area contributed by atoms with Gasteiger partial charge in [-0.15, -0.1) is 11.8 Å². The number of hydrogen-bond donors (Lipinski definition) is 1. The Morgan fingerprint density at radius 3 is 2.58 bits per heavy atom. The van der Waals surface area contributed by atoms with E-state index in [2.05, 4.69) is 10.1 Å². The van der Waals surface area contributed by atoms with Crippen LogP contribution in [0.1, 0.15) is 6.92 Å². The molecular formula is C13H17NO4S. The molecule has 5 nitrogen and oxygen atoms in total. The number of methoxy groups -OCH3 is 2. The summed E-state index contributed by atoms with van der Waals surface area (Å²) in [4.78, 5) is 23.5. The summed E-state index contributed by atoms with van der Waals surface area (Å²) in [6.07, 6.45) is 0. The first-order valence-electron chi connectivity index (χ1n) is 5.69. The number of thioether (sulfide) groups is 1. The van der Waals surface area contributed by atoms with Crippen molar-refractivity contribution in [1.29, 1.82) is 0 Å². The predicted octanol–water partition coefficient (Wildman–Crippen LogP) is 1.46. The zero-order chi connectivity index (χ0) is 14.3. The Bertz CT molecular complexity index is 450. The van der Waals surface area contributed by atoms with E-state index in [4.69, 9.17) is 4.74 Å². The summed E-state index contributed by atoms with van der Waals surface area (Å²) < 4.78 is 9.88. The SMILES string of the molecule is COC(=O)C(CSc1ccccc1OC)NC(C)=O. The number of esters is 1. The normalized spacial score (nSPS) is 11.5. The first-order chi connectivity index (χ1) is 9.08. The van der Waals surface area contributed by atoms with E-state index in [1.807, 2.05) is 24.3 Å². The molecule has 1 aromatic carbocycles. The average Bonchev–Trinajstić information content (AvgIpc) is 2.42. The molecule has 0 aliphatic heterocycles. The zero-order valence-electron chi connectivity index (χ0n) is 11.1. The molecule has 1 unspecified atom stereocenters. The van der Waals surface area contributed by atoms with Crippen LogP contribution in [-0.2, 0) is 14.3 Å². The van der Waals surface area contributed by atoms with Crippen LogP contribution in [-0.4, -0.2) is 37.9 Å². The number of ether oxygens (including phenoxy) is 2. The maximum Gasteiger partial charge on any atom is 0.329 e. The molecule has 1 N–H and O–H groups in total. The van der Waals surface area contributed by atoms with Gasteiger partial charge < -0.3 is 14.8 Å². The van der Waals surface area contributed by atoms with Gasteiger partial charge in [0.15, 0.2) is 0 Å². The van der Waals surface area contributed by atoms with E-state index >= 15 is 0 Å². The fourth-order valence-corrected chi connectivity index (χ4v) is 2.50. The number of rotatable bonds is 6. The Labute approximate surface area is 116 Å².